The molecule has 1 aliphatic carbocycles. The number of hydrogen-bond donors (Lipinski definition) is 1. The molecule has 0 saturated heterocycles. The second kappa shape index (κ2) is 5.99. The van der Waals surface area contributed by atoms with E-state index in [-0.39, 0.29) is 23.6 Å². The van der Waals surface area contributed by atoms with Gasteiger partial charge in [0, 0.05) is 16.0 Å². The number of nitrogens with one attached hydrogen (secondary N) is 1. The van der Waals surface area contributed by atoms with Crippen molar-refractivity contribution in [2.45, 2.75) is 12.3 Å². The Morgan fingerprint density at radius 3 is 2.71 bits per heavy atom. The van der Waals surface area contributed by atoms with Gasteiger partial charge in [0.15, 0.2) is 5.13 Å². The number of halogens is 3. The Balaban J connectivity index is 1.48. The first-order chi connectivity index (χ1) is 11.5. The summed E-state index contributed by atoms with van der Waals surface area (Å²) in [6, 6.07) is 9.72. The summed E-state index contributed by atoms with van der Waals surface area (Å²) < 4.78 is 13.9. The summed E-state index contributed by atoms with van der Waals surface area (Å²) >= 11 is 13.3. The third kappa shape index (κ3) is 3.11. The predicted molar refractivity (Wildman–Crippen MR) is 95.5 cm³/mol. The number of anilines is 1. The monoisotopic (exact) mass is 380 g/mol. The third-order valence-corrected chi connectivity index (χ3v) is 5.39. The van der Waals surface area contributed by atoms with E-state index in [0.717, 1.165) is 12.0 Å². The quantitative estimate of drug-likeness (QED) is 0.652. The molecular formula is C17H11Cl2FN2OS. The van der Waals surface area contributed by atoms with Gasteiger partial charge in [-0.3, -0.25) is 4.79 Å². The lowest BCUT2D eigenvalue weighted by molar-refractivity contribution is -0.117. The van der Waals surface area contributed by atoms with Crippen LogP contribution in [-0.4, -0.2) is 10.9 Å². The minimum absolute atomic E-state index is 0.0874. The molecule has 1 aliphatic rings. The van der Waals surface area contributed by atoms with Gasteiger partial charge in [-0.25, -0.2) is 9.37 Å². The van der Waals surface area contributed by atoms with E-state index in [9.17, 15) is 9.18 Å². The van der Waals surface area contributed by atoms with Gasteiger partial charge >= 0.3 is 0 Å². The van der Waals surface area contributed by atoms with Crippen molar-refractivity contribution >= 4 is 55.8 Å². The number of amides is 1. The summed E-state index contributed by atoms with van der Waals surface area (Å²) in [7, 11) is 0. The molecule has 2 atom stereocenters. The second-order valence-corrected chi connectivity index (χ2v) is 7.68. The molecule has 0 bridgehead atoms. The Labute approximate surface area is 151 Å². The van der Waals surface area contributed by atoms with Gasteiger partial charge in [-0.1, -0.05) is 34.5 Å². The normalized spacial score (nSPS) is 19.5. The van der Waals surface area contributed by atoms with Crippen molar-refractivity contribution in [3.8, 4) is 0 Å². The molecule has 0 unspecified atom stereocenters. The fourth-order valence-corrected chi connectivity index (χ4v) is 4.23. The average molecular weight is 381 g/mol. The van der Waals surface area contributed by atoms with Gasteiger partial charge in [0.2, 0.25) is 5.91 Å². The lowest BCUT2D eigenvalue weighted by Gasteiger charge is -2.03. The molecule has 2 aromatic carbocycles. The van der Waals surface area contributed by atoms with E-state index in [1.807, 2.05) is 12.1 Å². The van der Waals surface area contributed by atoms with Crippen LogP contribution >= 0.6 is 34.5 Å². The number of thiazole rings is 1. The maximum Gasteiger partial charge on any atom is 0.229 e. The van der Waals surface area contributed by atoms with E-state index >= 15 is 0 Å². The number of fused-ring (bicyclic) bond motifs is 1. The van der Waals surface area contributed by atoms with Crippen LogP contribution < -0.4 is 5.32 Å². The summed E-state index contributed by atoms with van der Waals surface area (Å²) in [6.07, 6.45) is 0.752. The van der Waals surface area contributed by atoms with Crippen molar-refractivity contribution in [1.82, 2.24) is 4.98 Å². The lowest BCUT2D eigenvalue weighted by atomic mass is 10.1. The Morgan fingerprint density at radius 2 is 1.96 bits per heavy atom. The van der Waals surface area contributed by atoms with E-state index in [2.05, 4.69) is 10.3 Å². The molecule has 0 spiro atoms. The number of rotatable bonds is 3. The maximum absolute atomic E-state index is 13.2. The van der Waals surface area contributed by atoms with E-state index in [1.165, 1.54) is 23.5 Å². The summed E-state index contributed by atoms with van der Waals surface area (Å²) in [6.45, 7) is 0. The first-order valence-corrected chi connectivity index (χ1v) is 8.90. The molecule has 3 aromatic rings. The highest BCUT2D eigenvalue weighted by atomic mass is 35.5. The van der Waals surface area contributed by atoms with Crippen LogP contribution in [0.3, 0.4) is 0 Å². The van der Waals surface area contributed by atoms with Crippen LogP contribution in [0.5, 0.6) is 0 Å². The van der Waals surface area contributed by atoms with Gasteiger partial charge in [0.05, 0.1) is 10.2 Å². The molecule has 1 N–H and O–H groups in total. The highest BCUT2D eigenvalue weighted by molar-refractivity contribution is 7.22. The molecule has 4 rings (SSSR count). The molecular weight excluding hydrogens is 370 g/mol. The minimum atomic E-state index is -0.316. The molecule has 122 valence electrons. The van der Waals surface area contributed by atoms with Crippen LogP contribution in [0.4, 0.5) is 9.52 Å². The fraction of sp³-hybridized carbons (Fsp3) is 0.176. The zero-order valence-electron chi connectivity index (χ0n) is 12.2. The molecule has 24 heavy (non-hydrogen) atoms. The van der Waals surface area contributed by atoms with Gasteiger partial charge in [-0.05, 0) is 54.3 Å². The highest BCUT2D eigenvalue weighted by Gasteiger charge is 2.44. The van der Waals surface area contributed by atoms with Crippen LogP contribution in [-0.2, 0) is 4.79 Å². The molecule has 7 heteroatoms. The Morgan fingerprint density at radius 1 is 1.21 bits per heavy atom. The fourth-order valence-electron chi connectivity index (χ4n) is 2.79. The molecule has 0 radical (unpaired) electrons. The summed E-state index contributed by atoms with van der Waals surface area (Å²) in [5.41, 5.74) is 1.64. The first kappa shape index (κ1) is 15.8. The standard InChI is InChI=1S/C17H11Cl2FN2OS/c18-9-3-8(4-10(19)5-9)12-7-13(12)16(23)22-17-21-14-2-1-11(20)6-15(14)24-17/h1-6,12-13H,7H2,(H,21,22,23)/t12-,13-/m0/s1. The van der Waals surface area contributed by atoms with Gasteiger partial charge in [-0.15, -0.1) is 0 Å². The van der Waals surface area contributed by atoms with Crippen molar-refractivity contribution in [2.75, 3.05) is 5.32 Å². The molecule has 0 aliphatic heterocycles. The summed E-state index contributed by atoms with van der Waals surface area (Å²) in [5.74, 6) is -0.406. The number of aromatic nitrogens is 1. The van der Waals surface area contributed by atoms with Gasteiger partial charge < -0.3 is 5.32 Å². The van der Waals surface area contributed by atoms with E-state index in [1.54, 1.807) is 12.1 Å². The van der Waals surface area contributed by atoms with E-state index in [4.69, 9.17) is 23.2 Å². The van der Waals surface area contributed by atoms with Crippen LogP contribution in [0.25, 0.3) is 10.2 Å². The largest absolute Gasteiger partial charge is 0.302 e. The summed E-state index contributed by atoms with van der Waals surface area (Å²) in [4.78, 5) is 16.7. The van der Waals surface area contributed by atoms with Crippen molar-refractivity contribution in [2.24, 2.45) is 5.92 Å². The Bertz CT molecular complexity index is 939. The maximum atomic E-state index is 13.2. The van der Waals surface area contributed by atoms with Crippen molar-refractivity contribution in [3.05, 3.63) is 57.8 Å². The summed E-state index contributed by atoms with van der Waals surface area (Å²) in [5, 5.41) is 4.44. The topological polar surface area (TPSA) is 42.0 Å². The van der Waals surface area contributed by atoms with E-state index in [0.29, 0.717) is 25.4 Å². The number of benzene rings is 2. The van der Waals surface area contributed by atoms with Crippen LogP contribution in [0.2, 0.25) is 10.0 Å². The molecule has 1 heterocycles. The van der Waals surface area contributed by atoms with Crippen molar-refractivity contribution in [1.29, 1.82) is 0 Å². The van der Waals surface area contributed by atoms with Crippen LogP contribution in [0.15, 0.2) is 36.4 Å². The number of nitrogens with zero attached hydrogens (tertiary/aromatic N) is 1. The van der Waals surface area contributed by atoms with Crippen LogP contribution in [0.1, 0.15) is 17.9 Å². The molecule has 3 nitrogen and oxygen atoms in total. The highest BCUT2D eigenvalue weighted by Crippen LogP contribution is 2.49. The average Bonchev–Trinajstić information content (AvgIpc) is 3.21. The molecule has 1 aromatic heterocycles. The third-order valence-electron chi connectivity index (χ3n) is 4.02. The predicted octanol–water partition coefficient (Wildman–Crippen LogP) is 5.48. The first-order valence-electron chi connectivity index (χ1n) is 7.32. The number of carbonyl (C=O) groups excluding carboxylic acids is 1. The zero-order valence-corrected chi connectivity index (χ0v) is 14.6. The molecule has 1 amide bonds. The van der Waals surface area contributed by atoms with Crippen molar-refractivity contribution < 1.29 is 9.18 Å². The van der Waals surface area contributed by atoms with Gasteiger partial charge in [-0.2, -0.15) is 0 Å². The lowest BCUT2D eigenvalue weighted by Crippen LogP contribution is -2.14. The SMILES string of the molecule is O=C(Nc1nc2ccc(F)cc2s1)[C@H]1C[C@H]1c1cc(Cl)cc(Cl)c1. The number of carbonyl (C=O) groups is 1. The van der Waals surface area contributed by atoms with Gasteiger partial charge in [0.25, 0.3) is 0 Å². The van der Waals surface area contributed by atoms with Gasteiger partial charge in [0.1, 0.15) is 5.82 Å². The minimum Gasteiger partial charge on any atom is -0.302 e. The number of hydrogen-bond acceptors (Lipinski definition) is 3. The van der Waals surface area contributed by atoms with Crippen LogP contribution in [0, 0.1) is 11.7 Å². The zero-order chi connectivity index (χ0) is 16.8. The molecule has 1 saturated carbocycles. The Hall–Kier alpha value is -1.69. The Kier molecular flexibility index (Phi) is 3.95. The van der Waals surface area contributed by atoms with E-state index < -0.39 is 0 Å². The van der Waals surface area contributed by atoms with Crippen molar-refractivity contribution in [3.63, 3.8) is 0 Å². The molecule has 1 fully saturated rings. The second-order valence-electron chi connectivity index (χ2n) is 5.77. The smallest absolute Gasteiger partial charge is 0.229 e.